The lowest BCUT2D eigenvalue weighted by Crippen LogP contribution is -2.46. The minimum atomic E-state index is -2.80. The first-order chi connectivity index (χ1) is 11.0. The summed E-state index contributed by atoms with van der Waals surface area (Å²) in [5, 5.41) is 8.72. The van der Waals surface area contributed by atoms with E-state index in [1.807, 2.05) is 0 Å². The van der Waals surface area contributed by atoms with Gasteiger partial charge in [-0.25, -0.2) is 8.42 Å². The van der Waals surface area contributed by atoms with Crippen LogP contribution in [0.15, 0.2) is 22.5 Å². The summed E-state index contributed by atoms with van der Waals surface area (Å²) in [6, 6.07) is 4.22. The van der Waals surface area contributed by atoms with Crippen LogP contribution in [0.4, 0.5) is 0 Å². The number of guanidine groups is 1. The van der Waals surface area contributed by atoms with E-state index in [0.717, 1.165) is 25.6 Å². The van der Waals surface area contributed by atoms with Gasteiger partial charge in [0.15, 0.2) is 15.8 Å². The van der Waals surface area contributed by atoms with Crippen LogP contribution in [0.25, 0.3) is 0 Å². The van der Waals surface area contributed by atoms with E-state index in [1.54, 1.807) is 18.4 Å². The molecule has 2 heterocycles. The first kappa shape index (κ1) is 18.2. The first-order valence-corrected chi connectivity index (χ1v) is 10.6. The quantitative estimate of drug-likeness (QED) is 0.580. The largest absolute Gasteiger partial charge is 0.356 e. The second-order valence-electron chi connectivity index (χ2n) is 5.79. The average Bonchev–Trinajstić information content (AvgIpc) is 3.06. The molecule has 6 nitrogen and oxygen atoms in total. The summed E-state index contributed by atoms with van der Waals surface area (Å²) in [6.07, 6.45) is 0. The van der Waals surface area contributed by atoms with Crippen molar-refractivity contribution in [3.8, 4) is 0 Å². The summed E-state index contributed by atoms with van der Waals surface area (Å²) in [4.78, 5) is 7.77. The van der Waals surface area contributed by atoms with E-state index < -0.39 is 9.84 Å². The van der Waals surface area contributed by atoms with E-state index in [4.69, 9.17) is 0 Å². The Morgan fingerprint density at radius 3 is 2.74 bits per heavy atom. The molecule has 1 aliphatic rings. The van der Waals surface area contributed by atoms with Crippen LogP contribution < -0.4 is 10.6 Å². The summed E-state index contributed by atoms with van der Waals surface area (Å²) in [7, 11) is -1.04. The van der Waals surface area contributed by atoms with Crippen LogP contribution in [-0.2, 0) is 9.84 Å². The minimum Gasteiger partial charge on any atom is -0.356 e. The minimum absolute atomic E-state index is 0.276. The normalized spacial score (nSPS) is 20.2. The number of aliphatic imine (C=N–C) groups is 1. The fourth-order valence-corrected chi connectivity index (χ4v) is 4.51. The summed E-state index contributed by atoms with van der Waals surface area (Å²) >= 11 is 1.77. The number of thiophene rings is 1. The molecule has 0 aromatic carbocycles. The molecule has 0 aliphatic carbocycles. The molecule has 0 radical (unpaired) electrons. The molecule has 0 saturated carbocycles. The van der Waals surface area contributed by atoms with Crippen molar-refractivity contribution in [2.45, 2.75) is 12.8 Å². The zero-order chi connectivity index (χ0) is 16.7. The molecule has 0 bridgehead atoms. The monoisotopic (exact) mass is 358 g/mol. The Kier molecular flexibility index (Phi) is 6.86. The van der Waals surface area contributed by atoms with Crippen molar-refractivity contribution >= 4 is 27.1 Å². The summed E-state index contributed by atoms with van der Waals surface area (Å²) in [5.74, 6) is 1.79. The van der Waals surface area contributed by atoms with Gasteiger partial charge in [0.2, 0.25) is 0 Å². The third kappa shape index (κ3) is 6.12. The molecule has 2 rings (SSSR count). The average molecular weight is 359 g/mol. The van der Waals surface area contributed by atoms with Crippen LogP contribution in [0.5, 0.6) is 0 Å². The summed E-state index contributed by atoms with van der Waals surface area (Å²) in [6.45, 7) is 5.88. The van der Waals surface area contributed by atoms with Gasteiger partial charge in [-0.05, 0) is 11.4 Å². The number of hydrogen-bond acceptors (Lipinski definition) is 5. The van der Waals surface area contributed by atoms with Gasteiger partial charge in [0, 0.05) is 50.6 Å². The van der Waals surface area contributed by atoms with Gasteiger partial charge in [0.05, 0.1) is 11.5 Å². The Bertz CT molecular complexity index is 585. The molecule has 8 heteroatoms. The maximum Gasteiger partial charge on any atom is 0.191 e. The fraction of sp³-hybridized carbons (Fsp3) is 0.667. The van der Waals surface area contributed by atoms with Crippen molar-refractivity contribution in [2.75, 3.05) is 51.3 Å². The molecule has 1 fully saturated rings. The van der Waals surface area contributed by atoms with Gasteiger partial charge >= 0.3 is 0 Å². The molecule has 1 unspecified atom stereocenters. The van der Waals surface area contributed by atoms with Crippen LogP contribution in [0.1, 0.15) is 17.7 Å². The molecule has 23 heavy (non-hydrogen) atoms. The van der Waals surface area contributed by atoms with Gasteiger partial charge in [-0.15, -0.1) is 11.3 Å². The van der Waals surface area contributed by atoms with Gasteiger partial charge < -0.3 is 10.6 Å². The Labute approximate surface area is 142 Å². The van der Waals surface area contributed by atoms with Crippen LogP contribution in [-0.4, -0.2) is 70.6 Å². The van der Waals surface area contributed by atoms with E-state index in [0.29, 0.717) is 19.0 Å². The van der Waals surface area contributed by atoms with Crippen LogP contribution in [0.2, 0.25) is 0 Å². The van der Waals surface area contributed by atoms with Crippen molar-refractivity contribution in [1.29, 1.82) is 0 Å². The van der Waals surface area contributed by atoms with Crippen molar-refractivity contribution in [3.63, 3.8) is 0 Å². The zero-order valence-electron chi connectivity index (χ0n) is 13.8. The van der Waals surface area contributed by atoms with Gasteiger partial charge in [-0.1, -0.05) is 13.0 Å². The Balaban J connectivity index is 1.65. The van der Waals surface area contributed by atoms with Crippen LogP contribution in [0.3, 0.4) is 0 Å². The maximum atomic E-state index is 11.4. The zero-order valence-corrected chi connectivity index (χ0v) is 15.4. The molecule has 0 spiro atoms. The summed E-state index contributed by atoms with van der Waals surface area (Å²) in [5.41, 5.74) is 0. The highest BCUT2D eigenvalue weighted by molar-refractivity contribution is 7.91. The lowest BCUT2D eigenvalue weighted by atomic mass is 10.1. The summed E-state index contributed by atoms with van der Waals surface area (Å²) < 4.78 is 22.8. The van der Waals surface area contributed by atoms with Gasteiger partial charge in [-0.2, -0.15) is 0 Å². The molecule has 1 saturated heterocycles. The predicted molar refractivity (Wildman–Crippen MR) is 97.2 cm³/mol. The highest BCUT2D eigenvalue weighted by Crippen LogP contribution is 2.19. The molecule has 0 amide bonds. The maximum absolute atomic E-state index is 11.4. The smallest absolute Gasteiger partial charge is 0.191 e. The molecule has 2 N–H and O–H groups in total. The van der Waals surface area contributed by atoms with Crippen molar-refractivity contribution < 1.29 is 8.42 Å². The third-order valence-corrected chi connectivity index (χ3v) is 6.70. The molecule has 1 atom stereocenters. The highest BCUT2D eigenvalue weighted by Gasteiger charge is 2.20. The standard InChI is InChI=1S/C15H26N4O2S2/c1-13(14-4-3-9-22-14)12-18-15(16-2)17-5-6-19-7-10-23(20,21)11-8-19/h3-4,9,13H,5-8,10-12H2,1-2H3,(H2,16,17,18). The van der Waals surface area contributed by atoms with E-state index >= 15 is 0 Å². The van der Waals surface area contributed by atoms with Gasteiger partial charge in [-0.3, -0.25) is 9.89 Å². The Hall–Kier alpha value is -1.12. The van der Waals surface area contributed by atoms with Crippen molar-refractivity contribution in [3.05, 3.63) is 22.4 Å². The first-order valence-electron chi connectivity index (χ1n) is 7.91. The highest BCUT2D eigenvalue weighted by atomic mass is 32.2. The predicted octanol–water partition coefficient (Wildman–Crippen LogP) is 0.747. The number of nitrogens with zero attached hydrogens (tertiary/aromatic N) is 2. The van der Waals surface area contributed by atoms with E-state index in [-0.39, 0.29) is 11.5 Å². The fourth-order valence-electron chi connectivity index (χ4n) is 2.45. The molecule has 1 aliphatic heterocycles. The van der Waals surface area contributed by atoms with Gasteiger partial charge in [0.25, 0.3) is 0 Å². The molecule has 1 aromatic heterocycles. The molecular formula is C15H26N4O2S2. The lowest BCUT2D eigenvalue weighted by Gasteiger charge is -2.26. The Morgan fingerprint density at radius 2 is 2.13 bits per heavy atom. The Morgan fingerprint density at radius 1 is 1.39 bits per heavy atom. The number of hydrogen-bond donors (Lipinski definition) is 2. The van der Waals surface area contributed by atoms with E-state index in [1.165, 1.54) is 4.88 Å². The second kappa shape index (κ2) is 8.65. The number of rotatable bonds is 6. The molecule has 1 aromatic rings. The second-order valence-corrected chi connectivity index (χ2v) is 9.07. The number of nitrogens with one attached hydrogen (secondary N) is 2. The van der Waals surface area contributed by atoms with Crippen LogP contribution in [0, 0.1) is 0 Å². The molecule has 130 valence electrons. The van der Waals surface area contributed by atoms with Crippen molar-refractivity contribution in [2.24, 2.45) is 4.99 Å². The topological polar surface area (TPSA) is 73.8 Å². The lowest BCUT2D eigenvalue weighted by molar-refractivity contribution is 0.299. The van der Waals surface area contributed by atoms with Crippen molar-refractivity contribution in [1.82, 2.24) is 15.5 Å². The number of sulfone groups is 1. The third-order valence-electron chi connectivity index (χ3n) is 3.99. The van der Waals surface area contributed by atoms with Gasteiger partial charge in [0.1, 0.15) is 0 Å². The SMILES string of the molecule is CN=C(NCCN1CCS(=O)(=O)CC1)NCC(C)c1cccs1. The van der Waals surface area contributed by atoms with E-state index in [2.05, 4.69) is 45.0 Å². The van der Waals surface area contributed by atoms with Crippen LogP contribution >= 0.6 is 11.3 Å². The molecular weight excluding hydrogens is 332 g/mol. The van der Waals surface area contributed by atoms with E-state index in [9.17, 15) is 8.42 Å².